The van der Waals surface area contributed by atoms with Crippen molar-refractivity contribution in [1.29, 1.82) is 0 Å². The highest BCUT2D eigenvalue weighted by Crippen LogP contribution is 2.22. The van der Waals surface area contributed by atoms with E-state index in [0.717, 1.165) is 34.5 Å². The van der Waals surface area contributed by atoms with Crippen LogP contribution in [0.25, 0.3) is 0 Å². The molecule has 5 heteroatoms. The molecule has 3 aromatic rings. The molecule has 5 nitrogen and oxygen atoms in total. The van der Waals surface area contributed by atoms with Crippen LogP contribution < -0.4 is 4.74 Å². The number of aliphatic hydroxyl groups is 1. The standard InChI is InChI=1S/C22H27N2O3/c1-24(2,14-9-15-26-19-12-7-4-8-13-19)17-20-16-23-22(27-20)21(25)18-10-5-3-6-11-18/h3-8,10-13,16,21,25H,9,14-15,17H2,1-2H3/q+1. The monoisotopic (exact) mass is 367 g/mol. The molecule has 1 atom stereocenters. The van der Waals surface area contributed by atoms with E-state index in [0.29, 0.717) is 19.0 Å². The highest BCUT2D eigenvalue weighted by molar-refractivity contribution is 5.22. The number of benzene rings is 2. The molecule has 0 amide bonds. The number of para-hydroxylation sites is 1. The zero-order chi connectivity index (χ0) is 19.1. The van der Waals surface area contributed by atoms with Gasteiger partial charge in [0, 0.05) is 6.42 Å². The minimum absolute atomic E-state index is 0.337. The molecule has 1 N–H and O–H groups in total. The van der Waals surface area contributed by atoms with Gasteiger partial charge in [0.2, 0.25) is 5.89 Å². The van der Waals surface area contributed by atoms with E-state index in [1.165, 1.54) is 0 Å². The third-order valence-corrected chi connectivity index (χ3v) is 4.42. The Labute approximate surface area is 160 Å². The van der Waals surface area contributed by atoms with Crippen LogP contribution in [0.15, 0.2) is 71.3 Å². The second-order valence-corrected chi connectivity index (χ2v) is 7.31. The smallest absolute Gasteiger partial charge is 0.228 e. The Morgan fingerprint density at radius 3 is 2.41 bits per heavy atom. The predicted molar refractivity (Wildman–Crippen MR) is 104 cm³/mol. The molecule has 1 unspecified atom stereocenters. The maximum atomic E-state index is 10.4. The molecule has 142 valence electrons. The molecular formula is C22H27N2O3+. The van der Waals surface area contributed by atoms with Crippen molar-refractivity contribution in [3.63, 3.8) is 0 Å². The minimum Gasteiger partial charge on any atom is -0.493 e. The number of rotatable bonds is 9. The van der Waals surface area contributed by atoms with Gasteiger partial charge in [0.05, 0.1) is 33.4 Å². The molecule has 0 aliphatic carbocycles. The normalized spacial score (nSPS) is 12.7. The van der Waals surface area contributed by atoms with Gasteiger partial charge in [-0.25, -0.2) is 4.98 Å². The Morgan fingerprint density at radius 2 is 1.70 bits per heavy atom. The summed E-state index contributed by atoms with van der Waals surface area (Å²) in [4.78, 5) is 4.26. The zero-order valence-corrected chi connectivity index (χ0v) is 15.9. The summed E-state index contributed by atoms with van der Waals surface area (Å²) in [5, 5.41) is 10.4. The topological polar surface area (TPSA) is 55.5 Å². The van der Waals surface area contributed by atoms with Crippen LogP contribution in [0.2, 0.25) is 0 Å². The summed E-state index contributed by atoms with van der Waals surface area (Å²) in [7, 11) is 4.30. The average molecular weight is 367 g/mol. The number of hydrogen-bond donors (Lipinski definition) is 1. The summed E-state index contributed by atoms with van der Waals surface area (Å²) in [6, 6.07) is 19.3. The molecule has 0 spiro atoms. The lowest BCUT2D eigenvalue weighted by molar-refractivity contribution is -0.904. The van der Waals surface area contributed by atoms with Crippen molar-refractivity contribution in [3.05, 3.63) is 84.1 Å². The maximum Gasteiger partial charge on any atom is 0.228 e. The van der Waals surface area contributed by atoms with Crippen LogP contribution in [-0.2, 0) is 6.54 Å². The average Bonchev–Trinajstić information content (AvgIpc) is 3.14. The summed E-state index contributed by atoms with van der Waals surface area (Å²) >= 11 is 0. The fraction of sp³-hybridized carbons (Fsp3) is 0.318. The van der Waals surface area contributed by atoms with Gasteiger partial charge in [-0.1, -0.05) is 48.5 Å². The molecule has 1 aromatic heterocycles. The summed E-state index contributed by atoms with van der Waals surface area (Å²) in [5.74, 6) is 2.01. The number of oxazole rings is 1. The van der Waals surface area contributed by atoms with Gasteiger partial charge in [0.1, 0.15) is 12.3 Å². The predicted octanol–water partition coefficient (Wildman–Crippen LogP) is 3.80. The molecular weight excluding hydrogens is 340 g/mol. The van der Waals surface area contributed by atoms with Crippen LogP contribution >= 0.6 is 0 Å². The Morgan fingerprint density at radius 1 is 1.04 bits per heavy atom. The zero-order valence-electron chi connectivity index (χ0n) is 15.9. The van der Waals surface area contributed by atoms with E-state index in [9.17, 15) is 5.11 Å². The van der Waals surface area contributed by atoms with Gasteiger partial charge < -0.3 is 18.7 Å². The lowest BCUT2D eigenvalue weighted by Crippen LogP contribution is -2.40. The Kier molecular flexibility index (Phi) is 6.27. The van der Waals surface area contributed by atoms with Crippen LogP contribution in [-0.4, -0.2) is 41.8 Å². The Hall–Kier alpha value is -2.63. The largest absolute Gasteiger partial charge is 0.493 e. The number of aliphatic hydroxyl groups excluding tert-OH is 1. The van der Waals surface area contributed by atoms with E-state index < -0.39 is 6.10 Å². The number of quaternary nitrogens is 1. The van der Waals surface area contributed by atoms with Crippen molar-refractivity contribution in [2.45, 2.75) is 19.1 Å². The third kappa shape index (κ3) is 5.67. The number of aromatic nitrogens is 1. The summed E-state index contributed by atoms with van der Waals surface area (Å²) < 4.78 is 12.3. The number of hydrogen-bond acceptors (Lipinski definition) is 4. The molecule has 3 rings (SSSR count). The van der Waals surface area contributed by atoms with Crippen LogP contribution in [0.1, 0.15) is 29.7 Å². The van der Waals surface area contributed by atoms with E-state index in [2.05, 4.69) is 19.1 Å². The molecule has 0 aliphatic rings. The molecule has 2 aromatic carbocycles. The molecule has 0 saturated heterocycles. The van der Waals surface area contributed by atoms with E-state index in [-0.39, 0.29) is 0 Å². The molecule has 1 heterocycles. The van der Waals surface area contributed by atoms with Crippen LogP contribution in [0.3, 0.4) is 0 Å². The van der Waals surface area contributed by atoms with E-state index in [4.69, 9.17) is 9.15 Å². The van der Waals surface area contributed by atoms with E-state index in [1.807, 2.05) is 60.7 Å². The van der Waals surface area contributed by atoms with Gasteiger partial charge in [0.25, 0.3) is 0 Å². The molecule has 0 bridgehead atoms. The van der Waals surface area contributed by atoms with Gasteiger partial charge in [-0.2, -0.15) is 0 Å². The highest BCUT2D eigenvalue weighted by Gasteiger charge is 2.21. The quantitative estimate of drug-likeness (QED) is 0.462. The second kappa shape index (κ2) is 8.84. The Bertz CT molecular complexity index is 816. The molecule has 0 radical (unpaired) electrons. The van der Waals surface area contributed by atoms with Gasteiger partial charge in [-0.3, -0.25) is 0 Å². The van der Waals surface area contributed by atoms with Gasteiger partial charge in [-0.15, -0.1) is 0 Å². The van der Waals surface area contributed by atoms with Crippen LogP contribution in [0, 0.1) is 0 Å². The van der Waals surface area contributed by atoms with Crippen molar-refractivity contribution < 1.29 is 18.7 Å². The van der Waals surface area contributed by atoms with Crippen LogP contribution in [0.5, 0.6) is 5.75 Å². The first-order valence-electron chi connectivity index (χ1n) is 9.21. The van der Waals surface area contributed by atoms with Crippen molar-refractivity contribution in [2.24, 2.45) is 0 Å². The lowest BCUT2D eigenvalue weighted by atomic mass is 10.1. The summed E-state index contributed by atoms with van der Waals surface area (Å²) in [6.07, 6.45) is 1.81. The van der Waals surface area contributed by atoms with Crippen molar-refractivity contribution in [2.75, 3.05) is 27.2 Å². The molecule has 27 heavy (non-hydrogen) atoms. The second-order valence-electron chi connectivity index (χ2n) is 7.31. The van der Waals surface area contributed by atoms with Gasteiger partial charge in [-0.05, 0) is 17.7 Å². The van der Waals surface area contributed by atoms with Crippen LogP contribution in [0.4, 0.5) is 0 Å². The van der Waals surface area contributed by atoms with Crippen molar-refractivity contribution in [3.8, 4) is 5.75 Å². The summed E-state index contributed by atoms with van der Waals surface area (Å²) in [5.41, 5.74) is 0.776. The maximum absolute atomic E-state index is 10.4. The fourth-order valence-corrected chi connectivity index (χ4v) is 3.00. The van der Waals surface area contributed by atoms with Crippen molar-refractivity contribution in [1.82, 2.24) is 4.98 Å². The van der Waals surface area contributed by atoms with Crippen molar-refractivity contribution >= 4 is 0 Å². The van der Waals surface area contributed by atoms with Gasteiger partial charge in [0.15, 0.2) is 11.9 Å². The SMILES string of the molecule is C[N+](C)(CCCOc1ccccc1)Cc1cnc(C(O)c2ccccc2)o1. The van der Waals surface area contributed by atoms with E-state index >= 15 is 0 Å². The molecule has 0 aliphatic heterocycles. The number of nitrogens with zero attached hydrogens (tertiary/aromatic N) is 2. The van der Waals surface area contributed by atoms with E-state index in [1.54, 1.807) is 6.20 Å². The first-order valence-corrected chi connectivity index (χ1v) is 9.21. The first-order chi connectivity index (χ1) is 13.0. The number of ether oxygens (including phenoxy) is 1. The third-order valence-electron chi connectivity index (χ3n) is 4.42. The lowest BCUT2D eigenvalue weighted by Gasteiger charge is -2.28. The van der Waals surface area contributed by atoms with Gasteiger partial charge >= 0.3 is 0 Å². The Balaban J connectivity index is 1.49. The molecule has 0 fully saturated rings. The highest BCUT2D eigenvalue weighted by atomic mass is 16.5. The summed E-state index contributed by atoms with van der Waals surface area (Å²) in [6.45, 7) is 2.34. The fourth-order valence-electron chi connectivity index (χ4n) is 3.00. The first kappa shape index (κ1) is 19.1. The minimum atomic E-state index is -0.838. The molecule has 0 saturated carbocycles.